The minimum absolute atomic E-state index is 0.509. The van der Waals surface area contributed by atoms with Crippen LogP contribution in [0.1, 0.15) is 11.1 Å². The average Bonchev–Trinajstić information content (AvgIpc) is 2.39. The summed E-state index contributed by atoms with van der Waals surface area (Å²) in [6.45, 7) is 0.509. The summed E-state index contributed by atoms with van der Waals surface area (Å²) >= 11 is 0. The Morgan fingerprint density at radius 2 is 1.94 bits per heavy atom. The van der Waals surface area contributed by atoms with Crippen LogP contribution >= 0.6 is 0 Å². The lowest BCUT2D eigenvalue weighted by molar-refractivity contribution is 1.07. The van der Waals surface area contributed by atoms with Gasteiger partial charge in [0, 0.05) is 12.2 Å². The summed E-state index contributed by atoms with van der Waals surface area (Å²) in [5, 5.41) is 12.2. The van der Waals surface area contributed by atoms with Crippen LogP contribution in [-0.2, 0) is 6.54 Å². The number of nitrogens with one attached hydrogen (secondary N) is 1. The van der Waals surface area contributed by atoms with Gasteiger partial charge >= 0.3 is 0 Å². The summed E-state index contributed by atoms with van der Waals surface area (Å²) < 4.78 is 0. The number of anilines is 2. The Morgan fingerprint density at radius 1 is 1.12 bits per heavy atom. The summed E-state index contributed by atoms with van der Waals surface area (Å²) in [5.41, 5.74) is 9.03. The highest BCUT2D eigenvalue weighted by Gasteiger charge is 2.01. The Hall–Kier alpha value is -2.31. The zero-order valence-corrected chi connectivity index (χ0v) is 9.35. The molecular weight excluding hydrogens is 210 g/mol. The van der Waals surface area contributed by atoms with Gasteiger partial charge in [-0.2, -0.15) is 5.26 Å². The molecular formula is C14H13N3. The molecule has 0 bridgehead atoms. The van der Waals surface area contributed by atoms with Crippen molar-refractivity contribution in [3.8, 4) is 6.07 Å². The Bertz CT molecular complexity index is 555. The van der Waals surface area contributed by atoms with Crippen molar-refractivity contribution < 1.29 is 0 Å². The lowest BCUT2D eigenvalue weighted by Crippen LogP contribution is -1.98. The normalized spacial score (nSPS) is 9.65. The van der Waals surface area contributed by atoms with Crippen molar-refractivity contribution >= 4 is 11.4 Å². The number of para-hydroxylation sites is 1. The Balaban J connectivity index is 2.28. The summed E-state index contributed by atoms with van der Waals surface area (Å²) in [5.74, 6) is 0. The molecule has 0 radical (unpaired) electrons. The quantitative estimate of drug-likeness (QED) is 0.841. The minimum Gasteiger partial charge on any atom is -0.354 e. The SMILES string of the molecule is N#Cc1ccccc1Nc1cccc(CN)c1. The van der Waals surface area contributed by atoms with Crippen molar-refractivity contribution in [1.29, 1.82) is 5.26 Å². The third-order valence-electron chi connectivity index (χ3n) is 2.49. The van der Waals surface area contributed by atoms with Crippen molar-refractivity contribution in [1.82, 2.24) is 0 Å². The topological polar surface area (TPSA) is 61.8 Å². The van der Waals surface area contributed by atoms with Crippen molar-refractivity contribution in [3.63, 3.8) is 0 Å². The van der Waals surface area contributed by atoms with Crippen molar-refractivity contribution in [2.24, 2.45) is 5.73 Å². The van der Waals surface area contributed by atoms with E-state index in [4.69, 9.17) is 11.0 Å². The summed E-state index contributed by atoms with van der Waals surface area (Å²) in [7, 11) is 0. The van der Waals surface area contributed by atoms with Gasteiger partial charge < -0.3 is 11.1 Å². The van der Waals surface area contributed by atoms with Gasteiger partial charge in [0.15, 0.2) is 0 Å². The largest absolute Gasteiger partial charge is 0.354 e. The zero-order chi connectivity index (χ0) is 12.1. The van der Waals surface area contributed by atoms with Crippen molar-refractivity contribution in [2.45, 2.75) is 6.54 Å². The van der Waals surface area contributed by atoms with E-state index >= 15 is 0 Å². The number of nitrogens with zero attached hydrogens (tertiary/aromatic N) is 1. The molecule has 3 heteroatoms. The molecule has 0 atom stereocenters. The van der Waals surface area contributed by atoms with Gasteiger partial charge in [-0.3, -0.25) is 0 Å². The molecule has 0 unspecified atom stereocenters. The molecule has 2 aromatic carbocycles. The fourth-order valence-electron chi connectivity index (χ4n) is 1.62. The third kappa shape index (κ3) is 2.63. The maximum Gasteiger partial charge on any atom is 0.101 e. The van der Waals surface area contributed by atoms with E-state index in [2.05, 4.69) is 11.4 Å². The van der Waals surface area contributed by atoms with E-state index in [0.29, 0.717) is 12.1 Å². The first-order valence-electron chi connectivity index (χ1n) is 5.38. The number of hydrogen-bond donors (Lipinski definition) is 2. The molecule has 0 aliphatic carbocycles. The molecule has 0 fully saturated rings. The maximum absolute atomic E-state index is 8.99. The Labute approximate surface area is 101 Å². The molecule has 0 amide bonds. The number of rotatable bonds is 3. The molecule has 0 spiro atoms. The van der Waals surface area contributed by atoms with Gasteiger partial charge in [0.2, 0.25) is 0 Å². The zero-order valence-electron chi connectivity index (χ0n) is 9.35. The first-order chi connectivity index (χ1) is 8.33. The molecule has 84 valence electrons. The van der Waals surface area contributed by atoms with E-state index in [-0.39, 0.29) is 0 Å². The van der Waals surface area contributed by atoms with Gasteiger partial charge in [0.25, 0.3) is 0 Å². The van der Waals surface area contributed by atoms with Crippen LogP contribution in [-0.4, -0.2) is 0 Å². The second-order valence-corrected chi connectivity index (χ2v) is 3.69. The average molecular weight is 223 g/mol. The second kappa shape index (κ2) is 5.15. The minimum atomic E-state index is 0.509. The van der Waals surface area contributed by atoms with E-state index in [1.807, 2.05) is 42.5 Å². The number of nitrogens with two attached hydrogens (primary N) is 1. The molecule has 0 aromatic heterocycles. The van der Waals surface area contributed by atoms with Crippen LogP contribution in [0.25, 0.3) is 0 Å². The molecule has 0 heterocycles. The predicted molar refractivity (Wildman–Crippen MR) is 68.8 cm³/mol. The molecule has 0 saturated heterocycles. The number of benzene rings is 2. The van der Waals surface area contributed by atoms with E-state index < -0.39 is 0 Å². The molecule has 17 heavy (non-hydrogen) atoms. The fourth-order valence-corrected chi connectivity index (χ4v) is 1.62. The number of hydrogen-bond acceptors (Lipinski definition) is 3. The van der Waals surface area contributed by atoms with Crippen LogP contribution in [0.4, 0.5) is 11.4 Å². The van der Waals surface area contributed by atoms with Gasteiger partial charge in [-0.15, -0.1) is 0 Å². The van der Waals surface area contributed by atoms with Crippen LogP contribution in [0.3, 0.4) is 0 Å². The smallest absolute Gasteiger partial charge is 0.101 e. The second-order valence-electron chi connectivity index (χ2n) is 3.69. The molecule has 3 nitrogen and oxygen atoms in total. The predicted octanol–water partition coefficient (Wildman–Crippen LogP) is 2.76. The molecule has 0 aliphatic heterocycles. The van der Waals surface area contributed by atoms with Gasteiger partial charge in [0.05, 0.1) is 11.3 Å². The summed E-state index contributed by atoms with van der Waals surface area (Å²) in [6.07, 6.45) is 0. The third-order valence-corrected chi connectivity index (χ3v) is 2.49. The van der Waals surface area contributed by atoms with E-state index in [0.717, 1.165) is 16.9 Å². The van der Waals surface area contributed by atoms with Crippen LogP contribution in [0, 0.1) is 11.3 Å². The van der Waals surface area contributed by atoms with Crippen molar-refractivity contribution in [2.75, 3.05) is 5.32 Å². The highest BCUT2D eigenvalue weighted by Crippen LogP contribution is 2.20. The van der Waals surface area contributed by atoms with Gasteiger partial charge in [-0.1, -0.05) is 24.3 Å². The first-order valence-corrected chi connectivity index (χ1v) is 5.38. The van der Waals surface area contributed by atoms with E-state index in [9.17, 15) is 0 Å². The van der Waals surface area contributed by atoms with Gasteiger partial charge in [0.1, 0.15) is 6.07 Å². The molecule has 0 saturated carbocycles. The Morgan fingerprint density at radius 3 is 2.71 bits per heavy atom. The standard InChI is InChI=1S/C14H13N3/c15-9-11-4-3-6-13(8-11)17-14-7-2-1-5-12(14)10-16/h1-8,17H,9,15H2. The first kappa shape index (κ1) is 11.2. The maximum atomic E-state index is 8.99. The van der Waals surface area contributed by atoms with Gasteiger partial charge in [-0.25, -0.2) is 0 Å². The lowest BCUT2D eigenvalue weighted by atomic mass is 10.1. The van der Waals surface area contributed by atoms with Crippen molar-refractivity contribution in [3.05, 3.63) is 59.7 Å². The molecule has 2 rings (SSSR count). The monoisotopic (exact) mass is 223 g/mol. The summed E-state index contributed by atoms with van der Waals surface area (Å²) in [6, 6.07) is 17.4. The van der Waals surface area contributed by atoms with Crippen LogP contribution in [0.5, 0.6) is 0 Å². The number of nitriles is 1. The highest BCUT2D eigenvalue weighted by molar-refractivity contribution is 5.66. The highest BCUT2D eigenvalue weighted by atomic mass is 14.9. The van der Waals surface area contributed by atoms with Gasteiger partial charge in [-0.05, 0) is 29.8 Å². The van der Waals surface area contributed by atoms with Crippen LogP contribution in [0.15, 0.2) is 48.5 Å². The fraction of sp³-hybridized carbons (Fsp3) is 0.0714. The molecule has 2 aromatic rings. The summed E-state index contributed by atoms with van der Waals surface area (Å²) in [4.78, 5) is 0. The van der Waals surface area contributed by atoms with E-state index in [1.54, 1.807) is 6.07 Å². The molecule has 0 aliphatic rings. The lowest BCUT2D eigenvalue weighted by Gasteiger charge is -2.08. The van der Waals surface area contributed by atoms with Crippen LogP contribution in [0.2, 0.25) is 0 Å². The van der Waals surface area contributed by atoms with Crippen LogP contribution < -0.4 is 11.1 Å². The Kier molecular flexibility index (Phi) is 3.39. The molecule has 3 N–H and O–H groups in total. The van der Waals surface area contributed by atoms with E-state index in [1.165, 1.54) is 0 Å².